The van der Waals surface area contributed by atoms with Crippen LogP contribution in [0, 0.1) is 0 Å². The summed E-state index contributed by atoms with van der Waals surface area (Å²) in [4.78, 5) is 24.9. The molecule has 0 aromatic heterocycles. The highest BCUT2D eigenvalue weighted by Gasteiger charge is 2.19. The molecule has 0 unspecified atom stereocenters. The summed E-state index contributed by atoms with van der Waals surface area (Å²) in [5.41, 5.74) is 7.53. The Morgan fingerprint density at radius 3 is 2.95 bits per heavy atom. The third-order valence-electron chi connectivity index (χ3n) is 3.14. The van der Waals surface area contributed by atoms with E-state index < -0.39 is 5.97 Å². The van der Waals surface area contributed by atoms with Crippen molar-refractivity contribution in [2.24, 2.45) is 0 Å². The minimum Gasteiger partial charge on any atom is -0.465 e. The van der Waals surface area contributed by atoms with Gasteiger partial charge in [-0.25, -0.2) is 4.79 Å². The maximum absolute atomic E-state index is 11.6. The van der Waals surface area contributed by atoms with Gasteiger partial charge in [0, 0.05) is 26.1 Å². The molecule has 0 radical (unpaired) electrons. The number of rotatable bonds is 2. The lowest BCUT2D eigenvalue weighted by atomic mass is 10.1. The summed E-state index contributed by atoms with van der Waals surface area (Å²) >= 11 is 0. The molecule has 6 heteroatoms. The van der Waals surface area contributed by atoms with Crippen LogP contribution in [0.15, 0.2) is 18.2 Å². The number of methoxy groups -OCH3 is 1. The Hall–Kier alpha value is -2.24. The number of hydrogen-bond donors (Lipinski definition) is 2. The Morgan fingerprint density at radius 1 is 1.42 bits per heavy atom. The Kier molecular flexibility index (Phi) is 3.89. The van der Waals surface area contributed by atoms with Gasteiger partial charge in [-0.1, -0.05) is 6.07 Å². The minimum atomic E-state index is -0.455. The lowest BCUT2D eigenvalue weighted by Gasteiger charge is -2.24. The number of carbonyl (C=O) groups excluding carboxylic acids is 2. The fraction of sp³-hybridized carbons (Fsp3) is 0.385. The standard InChI is InChI=1S/C13H17N3O3/c1-19-13(18)9-3-2-4-10(12(9)14)16-7-5-11(17)15-6-8-16/h2-4H,5-8,14H2,1H3,(H,15,17). The van der Waals surface area contributed by atoms with E-state index in [1.165, 1.54) is 7.11 Å². The molecule has 0 aliphatic carbocycles. The molecule has 102 valence electrons. The molecular weight excluding hydrogens is 246 g/mol. The SMILES string of the molecule is COC(=O)c1cccc(N2CCNC(=O)CC2)c1N. The second-order valence-electron chi connectivity index (χ2n) is 4.32. The number of carbonyl (C=O) groups is 2. The van der Waals surface area contributed by atoms with Gasteiger partial charge in [0.25, 0.3) is 0 Å². The van der Waals surface area contributed by atoms with Crippen molar-refractivity contribution in [1.82, 2.24) is 5.32 Å². The van der Waals surface area contributed by atoms with Crippen molar-refractivity contribution >= 4 is 23.3 Å². The number of ether oxygens (including phenoxy) is 1. The molecule has 1 saturated heterocycles. The third-order valence-corrected chi connectivity index (χ3v) is 3.14. The molecule has 1 amide bonds. The number of nitrogens with two attached hydrogens (primary N) is 1. The summed E-state index contributed by atoms with van der Waals surface area (Å²) in [7, 11) is 1.32. The first-order valence-electron chi connectivity index (χ1n) is 6.12. The van der Waals surface area contributed by atoms with Crippen LogP contribution >= 0.6 is 0 Å². The molecule has 1 fully saturated rings. The lowest BCUT2D eigenvalue weighted by Crippen LogP contribution is -2.29. The highest BCUT2D eigenvalue weighted by Crippen LogP contribution is 2.27. The number of nitrogen functional groups attached to an aromatic ring is 1. The predicted molar refractivity (Wildman–Crippen MR) is 72.0 cm³/mol. The van der Waals surface area contributed by atoms with Gasteiger partial charge in [0.05, 0.1) is 24.0 Å². The molecule has 1 aromatic rings. The Bertz CT molecular complexity index is 502. The van der Waals surface area contributed by atoms with Crippen molar-refractivity contribution in [3.8, 4) is 0 Å². The van der Waals surface area contributed by atoms with Crippen molar-refractivity contribution in [3.63, 3.8) is 0 Å². The fourth-order valence-corrected chi connectivity index (χ4v) is 2.12. The van der Waals surface area contributed by atoms with E-state index in [2.05, 4.69) is 5.32 Å². The zero-order chi connectivity index (χ0) is 13.8. The van der Waals surface area contributed by atoms with Crippen LogP contribution < -0.4 is 16.0 Å². The van der Waals surface area contributed by atoms with Crippen LogP contribution in [0.3, 0.4) is 0 Å². The van der Waals surface area contributed by atoms with E-state index in [0.717, 1.165) is 5.69 Å². The van der Waals surface area contributed by atoms with Gasteiger partial charge in [0.1, 0.15) is 0 Å². The van der Waals surface area contributed by atoms with E-state index in [1.54, 1.807) is 12.1 Å². The van der Waals surface area contributed by atoms with Crippen LogP contribution in [-0.2, 0) is 9.53 Å². The largest absolute Gasteiger partial charge is 0.465 e. The first-order valence-corrected chi connectivity index (χ1v) is 6.12. The fourth-order valence-electron chi connectivity index (χ4n) is 2.12. The molecule has 1 aromatic carbocycles. The average molecular weight is 263 g/mol. The maximum atomic E-state index is 11.6. The van der Waals surface area contributed by atoms with E-state index in [4.69, 9.17) is 10.5 Å². The molecule has 0 atom stereocenters. The van der Waals surface area contributed by atoms with Crippen LogP contribution in [0.2, 0.25) is 0 Å². The van der Waals surface area contributed by atoms with E-state index in [0.29, 0.717) is 37.3 Å². The average Bonchev–Trinajstić information content (AvgIpc) is 2.63. The quantitative estimate of drug-likeness (QED) is 0.595. The van der Waals surface area contributed by atoms with Crippen LogP contribution in [-0.4, -0.2) is 38.6 Å². The molecule has 1 aliphatic heterocycles. The Labute approximate surface area is 111 Å². The number of esters is 1. The van der Waals surface area contributed by atoms with Gasteiger partial charge in [0.2, 0.25) is 5.91 Å². The van der Waals surface area contributed by atoms with E-state index in [9.17, 15) is 9.59 Å². The summed E-state index contributed by atoms with van der Waals surface area (Å²) in [6, 6.07) is 5.24. The first kappa shape index (κ1) is 13.2. The number of anilines is 2. The van der Waals surface area contributed by atoms with Crippen molar-refractivity contribution in [2.45, 2.75) is 6.42 Å². The van der Waals surface area contributed by atoms with E-state index in [-0.39, 0.29) is 5.91 Å². The maximum Gasteiger partial charge on any atom is 0.340 e. The molecule has 2 rings (SSSR count). The summed E-state index contributed by atoms with van der Waals surface area (Å²) in [5, 5.41) is 2.80. The van der Waals surface area contributed by atoms with Crippen molar-refractivity contribution < 1.29 is 14.3 Å². The van der Waals surface area contributed by atoms with Crippen LogP contribution in [0.5, 0.6) is 0 Å². The Morgan fingerprint density at radius 2 is 2.21 bits per heavy atom. The van der Waals surface area contributed by atoms with E-state index >= 15 is 0 Å². The third kappa shape index (κ3) is 2.78. The number of benzene rings is 1. The number of hydrogen-bond acceptors (Lipinski definition) is 5. The molecule has 19 heavy (non-hydrogen) atoms. The van der Waals surface area contributed by atoms with Crippen molar-refractivity contribution in [3.05, 3.63) is 23.8 Å². The van der Waals surface area contributed by atoms with Crippen molar-refractivity contribution in [2.75, 3.05) is 37.4 Å². The van der Waals surface area contributed by atoms with Gasteiger partial charge in [-0.2, -0.15) is 0 Å². The second kappa shape index (κ2) is 5.60. The zero-order valence-corrected chi connectivity index (χ0v) is 10.8. The molecule has 3 N–H and O–H groups in total. The molecule has 0 bridgehead atoms. The molecule has 0 spiro atoms. The summed E-state index contributed by atoms with van der Waals surface area (Å²) in [6.07, 6.45) is 0.419. The van der Waals surface area contributed by atoms with E-state index in [1.807, 2.05) is 11.0 Å². The number of nitrogens with one attached hydrogen (secondary N) is 1. The minimum absolute atomic E-state index is 0.0326. The second-order valence-corrected chi connectivity index (χ2v) is 4.32. The number of para-hydroxylation sites is 1. The van der Waals surface area contributed by atoms with Gasteiger partial charge >= 0.3 is 5.97 Å². The van der Waals surface area contributed by atoms with Crippen molar-refractivity contribution in [1.29, 1.82) is 0 Å². The molecule has 1 heterocycles. The normalized spacial score (nSPS) is 15.6. The van der Waals surface area contributed by atoms with Gasteiger partial charge in [-0.15, -0.1) is 0 Å². The van der Waals surface area contributed by atoms with Gasteiger partial charge in [0.15, 0.2) is 0 Å². The highest BCUT2D eigenvalue weighted by atomic mass is 16.5. The predicted octanol–water partition coefficient (Wildman–Crippen LogP) is 0.382. The monoisotopic (exact) mass is 263 g/mol. The smallest absolute Gasteiger partial charge is 0.340 e. The number of amides is 1. The summed E-state index contributed by atoms with van der Waals surface area (Å²) < 4.78 is 4.70. The molecular formula is C13H17N3O3. The summed E-state index contributed by atoms with van der Waals surface area (Å²) in [5.74, 6) is -0.423. The van der Waals surface area contributed by atoms with Crippen LogP contribution in [0.25, 0.3) is 0 Å². The van der Waals surface area contributed by atoms with Gasteiger partial charge in [-0.3, -0.25) is 4.79 Å². The molecule has 1 aliphatic rings. The van der Waals surface area contributed by atoms with Gasteiger partial charge < -0.3 is 20.7 Å². The Balaban J connectivity index is 2.29. The topological polar surface area (TPSA) is 84.7 Å². The zero-order valence-electron chi connectivity index (χ0n) is 10.8. The number of nitrogens with zero attached hydrogens (tertiary/aromatic N) is 1. The van der Waals surface area contributed by atoms with Gasteiger partial charge in [-0.05, 0) is 12.1 Å². The highest BCUT2D eigenvalue weighted by molar-refractivity contribution is 5.98. The van der Waals surface area contributed by atoms with Crippen LogP contribution in [0.4, 0.5) is 11.4 Å². The summed E-state index contributed by atoms with van der Waals surface area (Å²) in [6.45, 7) is 1.82. The lowest BCUT2D eigenvalue weighted by molar-refractivity contribution is -0.120. The first-order chi connectivity index (χ1) is 9.13. The van der Waals surface area contributed by atoms with Crippen LogP contribution in [0.1, 0.15) is 16.8 Å². The molecule has 6 nitrogen and oxygen atoms in total. The molecule has 0 saturated carbocycles.